The van der Waals surface area contributed by atoms with Gasteiger partial charge in [-0.15, -0.1) is 11.3 Å². The van der Waals surface area contributed by atoms with Crippen molar-refractivity contribution in [3.63, 3.8) is 0 Å². The van der Waals surface area contributed by atoms with Crippen LogP contribution in [0.1, 0.15) is 5.56 Å². The summed E-state index contributed by atoms with van der Waals surface area (Å²) < 4.78 is 2.18. The highest BCUT2D eigenvalue weighted by atomic mass is 32.1. The summed E-state index contributed by atoms with van der Waals surface area (Å²) in [5, 5.41) is 3.53. The number of aryl methyl sites for hydroxylation is 2. The Morgan fingerprint density at radius 3 is 3.00 bits per heavy atom. The van der Waals surface area contributed by atoms with E-state index in [1.807, 2.05) is 0 Å². The average molecular weight is 151 g/mol. The molecular formula is C8H9NS. The summed E-state index contributed by atoms with van der Waals surface area (Å²) in [6.45, 7) is 2.15. The molecule has 0 aliphatic carbocycles. The molecule has 0 N–H and O–H groups in total. The van der Waals surface area contributed by atoms with Gasteiger partial charge in [-0.2, -0.15) is 0 Å². The maximum absolute atomic E-state index is 2.18. The van der Waals surface area contributed by atoms with Crippen LogP contribution in [0.25, 0.3) is 10.2 Å². The molecule has 0 aromatic carbocycles. The average Bonchev–Trinajstić information content (AvgIpc) is 2.39. The van der Waals surface area contributed by atoms with Gasteiger partial charge in [-0.1, -0.05) is 0 Å². The van der Waals surface area contributed by atoms with E-state index in [0.29, 0.717) is 0 Å². The summed E-state index contributed by atoms with van der Waals surface area (Å²) in [6.07, 6.45) is 2.17. The Balaban J connectivity index is 2.98. The van der Waals surface area contributed by atoms with E-state index in [0.717, 1.165) is 0 Å². The van der Waals surface area contributed by atoms with Crippen LogP contribution in [-0.4, -0.2) is 4.57 Å². The molecule has 2 aromatic rings. The van der Waals surface area contributed by atoms with Gasteiger partial charge in [0.15, 0.2) is 0 Å². The smallest absolute Gasteiger partial charge is 0.102 e. The molecule has 0 atom stereocenters. The van der Waals surface area contributed by atoms with Gasteiger partial charge in [-0.25, -0.2) is 0 Å². The van der Waals surface area contributed by atoms with Gasteiger partial charge >= 0.3 is 0 Å². The highest BCUT2D eigenvalue weighted by Gasteiger charge is 2.01. The lowest BCUT2D eigenvalue weighted by atomic mass is 10.3. The minimum atomic E-state index is 1.37. The molecule has 0 saturated heterocycles. The highest BCUT2D eigenvalue weighted by Crippen LogP contribution is 2.24. The monoisotopic (exact) mass is 151 g/mol. The standard InChI is InChI=1S/C8H9NS/c1-6-5-9(2)8-7(6)3-4-10-8/h3-5H,1-2H3. The minimum Gasteiger partial charge on any atom is -0.342 e. The second-order valence-electron chi connectivity index (χ2n) is 2.56. The molecule has 0 spiro atoms. The predicted molar refractivity (Wildman–Crippen MR) is 45.5 cm³/mol. The van der Waals surface area contributed by atoms with Gasteiger partial charge in [0.05, 0.1) is 0 Å². The van der Waals surface area contributed by atoms with Crippen molar-refractivity contribution >= 4 is 21.6 Å². The third-order valence-electron chi connectivity index (χ3n) is 1.78. The molecule has 2 heterocycles. The van der Waals surface area contributed by atoms with Crippen LogP contribution < -0.4 is 0 Å². The van der Waals surface area contributed by atoms with Crippen LogP contribution in [0.15, 0.2) is 17.6 Å². The molecule has 0 fully saturated rings. The summed E-state index contributed by atoms with van der Waals surface area (Å²) in [4.78, 5) is 1.37. The number of hydrogen-bond acceptors (Lipinski definition) is 1. The fourth-order valence-corrected chi connectivity index (χ4v) is 2.20. The van der Waals surface area contributed by atoms with Crippen molar-refractivity contribution in [3.05, 3.63) is 23.2 Å². The SMILES string of the molecule is Cc1cn(C)c2sccc12. The second-order valence-corrected chi connectivity index (χ2v) is 3.46. The van der Waals surface area contributed by atoms with E-state index in [4.69, 9.17) is 0 Å². The van der Waals surface area contributed by atoms with Gasteiger partial charge in [-0.05, 0) is 23.9 Å². The summed E-state index contributed by atoms with van der Waals surface area (Å²) in [7, 11) is 2.09. The molecule has 0 radical (unpaired) electrons. The molecule has 0 aliphatic rings. The van der Waals surface area contributed by atoms with E-state index in [2.05, 4.69) is 36.2 Å². The first-order valence-electron chi connectivity index (χ1n) is 3.28. The third kappa shape index (κ3) is 0.625. The first-order chi connectivity index (χ1) is 4.79. The molecule has 1 nitrogen and oxygen atoms in total. The Labute approximate surface area is 63.9 Å². The molecule has 2 heteroatoms. The van der Waals surface area contributed by atoms with Gasteiger partial charge in [0.1, 0.15) is 4.83 Å². The van der Waals surface area contributed by atoms with Gasteiger partial charge in [-0.3, -0.25) is 0 Å². The van der Waals surface area contributed by atoms with Crippen LogP contribution in [0.3, 0.4) is 0 Å². The maximum Gasteiger partial charge on any atom is 0.102 e. The topological polar surface area (TPSA) is 4.93 Å². The molecule has 10 heavy (non-hydrogen) atoms. The number of fused-ring (bicyclic) bond motifs is 1. The molecule has 0 bridgehead atoms. The molecule has 52 valence electrons. The Morgan fingerprint density at radius 2 is 2.30 bits per heavy atom. The first-order valence-corrected chi connectivity index (χ1v) is 4.16. The Bertz CT molecular complexity index is 325. The van der Waals surface area contributed by atoms with E-state index >= 15 is 0 Å². The van der Waals surface area contributed by atoms with Crippen molar-refractivity contribution in [1.29, 1.82) is 0 Å². The fourth-order valence-electron chi connectivity index (χ4n) is 1.29. The van der Waals surface area contributed by atoms with Crippen LogP contribution in [-0.2, 0) is 7.05 Å². The Morgan fingerprint density at radius 1 is 1.50 bits per heavy atom. The lowest BCUT2D eigenvalue weighted by molar-refractivity contribution is 0.972. The van der Waals surface area contributed by atoms with Crippen molar-refractivity contribution < 1.29 is 0 Å². The van der Waals surface area contributed by atoms with Gasteiger partial charge in [0, 0.05) is 18.6 Å². The first kappa shape index (κ1) is 5.98. The summed E-state index contributed by atoms with van der Waals surface area (Å²) in [6, 6.07) is 2.18. The van der Waals surface area contributed by atoms with Gasteiger partial charge in [0.2, 0.25) is 0 Å². The normalized spacial score (nSPS) is 11.0. The quantitative estimate of drug-likeness (QED) is 0.545. The van der Waals surface area contributed by atoms with Gasteiger partial charge < -0.3 is 4.57 Å². The molecule has 0 amide bonds. The van der Waals surface area contributed by atoms with Crippen molar-refractivity contribution in [2.24, 2.45) is 7.05 Å². The minimum absolute atomic E-state index is 1.37. The molecule has 2 aromatic heterocycles. The molecule has 2 rings (SSSR count). The zero-order valence-electron chi connectivity index (χ0n) is 6.09. The van der Waals surface area contributed by atoms with E-state index in [1.165, 1.54) is 15.8 Å². The Hall–Kier alpha value is -0.760. The number of aromatic nitrogens is 1. The number of rotatable bonds is 0. The molecule has 0 saturated carbocycles. The summed E-state index contributed by atoms with van der Waals surface area (Å²) >= 11 is 1.80. The largest absolute Gasteiger partial charge is 0.342 e. The van der Waals surface area contributed by atoms with E-state index in [-0.39, 0.29) is 0 Å². The molecular weight excluding hydrogens is 142 g/mol. The van der Waals surface area contributed by atoms with E-state index in [1.54, 1.807) is 11.3 Å². The zero-order chi connectivity index (χ0) is 7.14. The maximum atomic E-state index is 2.18. The van der Waals surface area contributed by atoms with Gasteiger partial charge in [0.25, 0.3) is 0 Å². The van der Waals surface area contributed by atoms with Crippen molar-refractivity contribution in [3.8, 4) is 0 Å². The summed E-state index contributed by atoms with van der Waals surface area (Å²) in [5.41, 5.74) is 1.37. The number of thiophene rings is 1. The van der Waals surface area contributed by atoms with Crippen molar-refractivity contribution in [2.45, 2.75) is 6.92 Å². The number of hydrogen-bond donors (Lipinski definition) is 0. The fraction of sp³-hybridized carbons (Fsp3) is 0.250. The molecule has 0 unspecified atom stereocenters. The van der Waals surface area contributed by atoms with Crippen molar-refractivity contribution in [2.75, 3.05) is 0 Å². The summed E-state index contributed by atoms with van der Waals surface area (Å²) in [5.74, 6) is 0. The van der Waals surface area contributed by atoms with Crippen molar-refractivity contribution in [1.82, 2.24) is 4.57 Å². The van der Waals surface area contributed by atoms with Crippen LogP contribution >= 0.6 is 11.3 Å². The van der Waals surface area contributed by atoms with Crippen LogP contribution in [0, 0.1) is 6.92 Å². The van der Waals surface area contributed by atoms with Crippen LogP contribution in [0.5, 0.6) is 0 Å². The second kappa shape index (κ2) is 1.86. The lowest BCUT2D eigenvalue weighted by Gasteiger charge is -1.85. The third-order valence-corrected chi connectivity index (χ3v) is 2.78. The van der Waals surface area contributed by atoms with Crippen LogP contribution in [0.2, 0.25) is 0 Å². The predicted octanol–water partition coefficient (Wildman–Crippen LogP) is 2.55. The highest BCUT2D eigenvalue weighted by molar-refractivity contribution is 7.16. The Kier molecular flexibility index (Phi) is 1.11. The number of nitrogens with zero attached hydrogens (tertiary/aromatic N) is 1. The molecule has 0 aliphatic heterocycles. The lowest BCUT2D eigenvalue weighted by Crippen LogP contribution is -1.78. The zero-order valence-corrected chi connectivity index (χ0v) is 6.90. The van der Waals surface area contributed by atoms with E-state index < -0.39 is 0 Å². The van der Waals surface area contributed by atoms with Crippen LogP contribution in [0.4, 0.5) is 0 Å². The van der Waals surface area contributed by atoms with E-state index in [9.17, 15) is 0 Å².